The van der Waals surface area contributed by atoms with E-state index in [9.17, 15) is 0 Å². The first-order valence-electron chi connectivity index (χ1n) is 5.22. The minimum atomic E-state index is 0.345. The van der Waals surface area contributed by atoms with Crippen LogP contribution in [-0.4, -0.2) is 21.9 Å². The molecular formula is C11H19N5. The zero-order valence-electron chi connectivity index (χ0n) is 10.1. The van der Waals surface area contributed by atoms with Crippen molar-refractivity contribution < 1.29 is 0 Å². The maximum atomic E-state index is 5.40. The monoisotopic (exact) mass is 221 g/mol. The molecule has 88 valence electrons. The third kappa shape index (κ3) is 4.18. The summed E-state index contributed by atoms with van der Waals surface area (Å²) in [7, 11) is 0. The lowest BCUT2D eigenvalue weighted by Crippen LogP contribution is -1.98. The zero-order chi connectivity index (χ0) is 12.4. The largest absolute Gasteiger partial charge is 0.324 e. The second-order valence-corrected chi connectivity index (χ2v) is 2.58. The molecule has 1 rings (SSSR count). The van der Waals surface area contributed by atoms with Crippen molar-refractivity contribution in [2.75, 3.05) is 0 Å². The molecular weight excluding hydrogens is 202 g/mol. The van der Waals surface area contributed by atoms with Gasteiger partial charge < -0.3 is 5.73 Å². The Hall–Kier alpha value is -1.75. The molecule has 1 aromatic heterocycles. The summed E-state index contributed by atoms with van der Waals surface area (Å²) in [5, 5.41) is 6.73. The summed E-state index contributed by atoms with van der Waals surface area (Å²) in [6.07, 6.45) is 5.34. The molecule has 5 heteroatoms. The maximum absolute atomic E-state index is 5.40. The highest BCUT2D eigenvalue weighted by molar-refractivity contribution is 5.69. The third-order valence-corrected chi connectivity index (χ3v) is 1.56. The molecule has 0 spiro atoms. The molecule has 0 saturated heterocycles. The lowest BCUT2D eigenvalue weighted by atomic mass is 10.2. The molecule has 0 saturated carbocycles. The zero-order valence-corrected chi connectivity index (χ0v) is 10.1. The van der Waals surface area contributed by atoms with Crippen molar-refractivity contribution in [3.63, 3.8) is 0 Å². The molecule has 0 bridgehead atoms. The fraction of sp³-hybridized carbons (Fsp3) is 0.364. The number of aliphatic imine (C=N–C) groups is 1. The van der Waals surface area contributed by atoms with E-state index >= 15 is 0 Å². The Morgan fingerprint density at radius 3 is 2.69 bits per heavy atom. The predicted octanol–water partition coefficient (Wildman–Crippen LogP) is 1.91. The van der Waals surface area contributed by atoms with Crippen LogP contribution in [0.3, 0.4) is 0 Å². The van der Waals surface area contributed by atoms with Crippen LogP contribution in [0.2, 0.25) is 0 Å². The van der Waals surface area contributed by atoms with E-state index in [2.05, 4.69) is 26.9 Å². The molecule has 0 fully saturated rings. The van der Waals surface area contributed by atoms with E-state index in [-0.39, 0.29) is 0 Å². The Kier molecular flexibility index (Phi) is 7.61. The van der Waals surface area contributed by atoms with Crippen LogP contribution in [0.1, 0.15) is 32.4 Å². The van der Waals surface area contributed by atoms with Gasteiger partial charge in [-0.2, -0.15) is 5.10 Å². The van der Waals surface area contributed by atoms with E-state index in [1.165, 1.54) is 0 Å². The highest BCUT2D eigenvalue weighted by Crippen LogP contribution is 2.10. The van der Waals surface area contributed by atoms with Crippen molar-refractivity contribution in [3.05, 3.63) is 30.0 Å². The molecule has 1 aromatic rings. The van der Waals surface area contributed by atoms with Gasteiger partial charge in [-0.25, -0.2) is 4.98 Å². The van der Waals surface area contributed by atoms with Gasteiger partial charge in [0.25, 0.3) is 0 Å². The van der Waals surface area contributed by atoms with Crippen LogP contribution >= 0.6 is 0 Å². The van der Waals surface area contributed by atoms with Crippen LogP contribution in [0.15, 0.2) is 23.3 Å². The highest BCUT2D eigenvalue weighted by atomic mass is 15.2. The quantitative estimate of drug-likeness (QED) is 0.602. The SMILES string of the molecule is C=N/C=C(\C=C/C)c1n[nH]c(CN)n1.CC. The molecule has 0 aliphatic carbocycles. The number of hydrogen-bond donors (Lipinski definition) is 2. The summed E-state index contributed by atoms with van der Waals surface area (Å²) < 4.78 is 0. The molecule has 0 radical (unpaired) electrons. The topological polar surface area (TPSA) is 80.0 Å². The number of nitrogens with zero attached hydrogens (tertiary/aromatic N) is 3. The van der Waals surface area contributed by atoms with Gasteiger partial charge in [0.05, 0.1) is 6.54 Å². The number of aromatic nitrogens is 3. The van der Waals surface area contributed by atoms with Gasteiger partial charge in [-0.15, -0.1) is 0 Å². The number of aromatic amines is 1. The Labute approximate surface area is 96.2 Å². The van der Waals surface area contributed by atoms with E-state index < -0.39 is 0 Å². The van der Waals surface area contributed by atoms with Gasteiger partial charge in [-0.05, 0) is 13.6 Å². The van der Waals surface area contributed by atoms with Crippen LogP contribution in [0.5, 0.6) is 0 Å². The number of nitrogens with two attached hydrogens (primary N) is 1. The molecule has 0 aliphatic rings. The predicted molar refractivity (Wildman–Crippen MR) is 68.0 cm³/mol. The maximum Gasteiger partial charge on any atom is 0.182 e. The van der Waals surface area contributed by atoms with Gasteiger partial charge in [0, 0.05) is 11.8 Å². The Bertz CT molecular complexity index is 362. The number of allylic oxidation sites excluding steroid dienone is 3. The minimum absolute atomic E-state index is 0.345. The van der Waals surface area contributed by atoms with Crippen molar-refractivity contribution in [1.82, 2.24) is 15.2 Å². The van der Waals surface area contributed by atoms with Crippen molar-refractivity contribution in [2.24, 2.45) is 10.7 Å². The lowest BCUT2D eigenvalue weighted by Gasteiger charge is -1.91. The molecule has 0 aliphatic heterocycles. The fourth-order valence-electron chi connectivity index (χ4n) is 0.969. The van der Waals surface area contributed by atoms with E-state index in [4.69, 9.17) is 5.73 Å². The standard InChI is InChI=1S/C9H13N5.C2H6/c1-3-4-7(6-11-2)9-12-8(5-10)13-14-9;1-2/h3-4,6H,2,5,10H2,1H3,(H,12,13,14);1-2H3/b4-3-,7-6+;. The van der Waals surface area contributed by atoms with Crippen LogP contribution in [-0.2, 0) is 6.54 Å². The summed E-state index contributed by atoms with van der Waals surface area (Å²) in [4.78, 5) is 7.84. The lowest BCUT2D eigenvalue weighted by molar-refractivity contribution is 0.917. The molecule has 5 nitrogen and oxygen atoms in total. The fourth-order valence-corrected chi connectivity index (χ4v) is 0.969. The summed E-state index contributed by atoms with van der Waals surface area (Å²) in [6.45, 7) is 9.64. The Morgan fingerprint density at radius 2 is 2.25 bits per heavy atom. The molecule has 0 aromatic carbocycles. The number of hydrogen-bond acceptors (Lipinski definition) is 4. The average Bonchev–Trinajstić information content (AvgIpc) is 2.80. The van der Waals surface area contributed by atoms with Gasteiger partial charge in [-0.1, -0.05) is 26.0 Å². The smallest absolute Gasteiger partial charge is 0.182 e. The van der Waals surface area contributed by atoms with Gasteiger partial charge >= 0.3 is 0 Å². The van der Waals surface area contributed by atoms with Gasteiger partial charge in [0.15, 0.2) is 5.82 Å². The summed E-state index contributed by atoms with van der Waals surface area (Å²) >= 11 is 0. The van der Waals surface area contributed by atoms with Crippen molar-refractivity contribution in [3.8, 4) is 0 Å². The molecule has 1 heterocycles. The van der Waals surface area contributed by atoms with Gasteiger partial charge in [-0.3, -0.25) is 10.1 Å². The van der Waals surface area contributed by atoms with E-state index in [0.29, 0.717) is 18.2 Å². The first-order chi connectivity index (χ1) is 7.81. The summed E-state index contributed by atoms with van der Waals surface area (Å²) in [5.41, 5.74) is 6.21. The molecule has 0 unspecified atom stereocenters. The molecule has 3 N–H and O–H groups in total. The molecule has 0 atom stereocenters. The summed E-state index contributed by atoms with van der Waals surface area (Å²) in [5.74, 6) is 1.23. The Morgan fingerprint density at radius 1 is 1.56 bits per heavy atom. The number of nitrogens with one attached hydrogen (secondary N) is 1. The molecule has 0 amide bonds. The van der Waals surface area contributed by atoms with Gasteiger partial charge in [0.2, 0.25) is 0 Å². The normalized spacial score (nSPS) is 11.1. The van der Waals surface area contributed by atoms with Crippen LogP contribution in [0, 0.1) is 0 Å². The first kappa shape index (κ1) is 14.2. The van der Waals surface area contributed by atoms with Crippen LogP contribution in [0.25, 0.3) is 5.57 Å². The van der Waals surface area contributed by atoms with Gasteiger partial charge in [0.1, 0.15) is 5.82 Å². The number of rotatable bonds is 4. The minimum Gasteiger partial charge on any atom is -0.324 e. The van der Waals surface area contributed by atoms with Crippen LogP contribution < -0.4 is 5.73 Å². The van der Waals surface area contributed by atoms with Crippen molar-refractivity contribution in [1.29, 1.82) is 0 Å². The van der Waals surface area contributed by atoms with E-state index in [1.807, 2.05) is 32.9 Å². The second kappa shape index (κ2) is 8.55. The number of H-pyrrole nitrogens is 1. The highest BCUT2D eigenvalue weighted by Gasteiger charge is 2.04. The van der Waals surface area contributed by atoms with E-state index in [1.54, 1.807) is 6.20 Å². The van der Waals surface area contributed by atoms with E-state index in [0.717, 1.165) is 5.57 Å². The van der Waals surface area contributed by atoms with Crippen LogP contribution in [0.4, 0.5) is 0 Å². The Balaban J connectivity index is 0.00000106. The molecule has 16 heavy (non-hydrogen) atoms. The summed E-state index contributed by atoms with van der Waals surface area (Å²) in [6, 6.07) is 0. The first-order valence-corrected chi connectivity index (χ1v) is 5.22. The second-order valence-electron chi connectivity index (χ2n) is 2.58. The van der Waals surface area contributed by atoms with Crippen molar-refractivity contribution in [2.45, 2.75) is 27.3 Å². The third-order valence-electron chi connectivity index (χ3n) is 1.56. The average molecular weight is 221 g/mol. The van der Waals surface area contributed by atoms with Crippen molar-refractivity contribution >= 4 is 12.3 Å².